The number of nitriles is 1. The number of rotatable bonds is 3. The molecule has 0 aliphatic carbocycles. The summed E-state index contributed by atoms with van der Waals surface area (Å²) in [5.41, 5.74) is 0.361. The lowest BCUT2D eigenvalue weighted by Crippen LogP contribution is -2.16. The van der Waals surface area contributed by atoms with Gasteiger partial charge in [0.15, 0.2) is 0 Å². The average molecular weight is 218 g/mol. The fourth-order valence-corrected chi connectivity index (χ4v) is 1.20. The van der Waals surface area contributed by atoms with Gasteiger partial charge in [0.2, 0.25) is 0 Å². The second-order valence-corrected chi connectivity index (χ2v) is 3.89. The highest BCUT2D eigenvalue weighted by molar-refractivity contribution is 5.87. The van der Waals surface area contributed by atoms with E-state index in [0.29, 0.717) is 6.61 Å². The molecule has 0 bridgehead atoms. The summed E-state index contributed by atoms with van der Waals surface area (Å²) in [7, 11) is 0. The summed E-state index contributed by atoms with van der Waals surface area (Å²) in [5, 5.41) is 8.99. The van der Waals surface area contributed by atoms with Gasteiger partial charge in [-0.3, -0.25) is 0 Å². The molecule has 0 saturated carbocycles. The number of hydrogen-bond acceptors (Lipinski definition) is 4. The predicted octanol–water partition coefficient (Wildman–Crippen LogP) is 2.06. The number of hydrogen-bond donors (Lipinski definition) is 0. The Balaban J connectivity index is 3.06. The second kappa shape index (κ2) is 4.75. The van der Waals surface area contributed by atoms with Crippen LogP contribution < -0.4 is 0 Å². The van der Waals surface area contributed by atoms with E-state index >= 15 is 0 Å². The van der Waals surface area contributed by atoms with Crippen molar-refractivity contribution >= 4 is 5.97 Å². The van der Waals surface area contributed by atoms with Gasteiger partial charge in [0, 0.05) is 6.20 Å². The minimum atomic E-state index is -0.635. The lowest BCUT2D eigenvalue weighted by molar-refractivity contribution is 0.0519. The largest absolute Gasteiger partial charge is 0.461 e. The van der Waals surface area contributed by atoms with Crippen molar-refractivity contribution in [3.05, 3.63) is 29.6 Å². The highest BCUT2D eigenvalue weighted by atomic mass is 16.5. The molecule has 1 rings (SSSR count). The van der Waals surface area contributed by atoms with Crippen molar-refractivity contribution < 1.29 is 9.53 Å². The zero-order chi connectivity index (χ0) is 12.2. The van der Waals surface area contributed by atoms with Crippen molar-refractivity contribution in [2.75, 3.05) is 6.61 Å². The summed E-state index contributed by atoms with van der Waals surface area (Å²) in [4.78, 5) is 15.4. The maximum Gasteiger partial charge on any atom is 0.356 e. The summed E-state index contributed by atoms with van der Waals surface area (Å²) in [6.45, 7) is 5.63. The van der Waals surface area contributed by atoms with Crippen molar-refractivity contribution in [2.45, 2.75) is 26.2 Å². The van der Waals surface area contributed by atoms with E-state index in [4.69, 9.17) is 10.00 Å². The second-order valence-electron chi connectivity index (χ2n) is 3.89. The van der Waals surface area contributed by atoms with E-state index in [1.807, 2.05) is 0 Å². The van der Waals surface area contributed by atoms with Crippen molar-refractivity contribution in [3.8, 4) is 6.07 Å². The third-order valence-electron chi connectivity index (χ3n) is 2.25. The maximum absolute atomic E-state index is 11.4. The van der Waals surface area contributed by atoms with Crippen LogP contribution in [0.5, 0.6) is 0 Å². The minimum absolute atomic E-state index is 0.239. The van der Waals surface area contributed by atoms with Crippen LogP contribution in [0.15, 0.2) is 18.3 Å². The van der Waals surface area contributed by atoms with Gasteiger partial charge in [-0.1, -0.05) is 0 Å². The van der Waals surface area contributed by atoms with E-state index in [0.717, 1.165) is 5.56 Å². The molecule has 0 atom stereocenters. The first-order valence-corrected chi connectivity index (χ1v) is 5.06. The van der Waals surface area contributed by atoms with Crippen LogP contribution in [0.3, 0.4) is 0 Å². The van der Waals surface area contributed by atoms with Gasteiger partial charge in [-0.15, -0.1) is 0 Å². The molecule has 0 aromatic carbocycles. The fourth-order valence-electron chi connectivity index (χ4n) is 1.20. The SMILES string of the molecule is CCOC(=O)c1cc(C(C)(C)C#N)ccn1. The van der Waals surface area contributed by atoms with Crippen LogP contribution in [0, 0.1) is 11.3 Å². The molecule has 0 radical (unpaired) electrons. The molecule has 1 heterocycles. The molecule has 0 amide bonds. The first-order chi connectivity index (χ1) is 7.51. The Morgan fingerprint density at radius 1 is 1.62 bits per heavy atom. The number of aromatic nitrogens is 1. The van der Waals surface area contributed by atoms with Crippen LogP contribution in [0.1, 0.15) is 36.8 Å². The van der Waals surface area contributed by atoms with Crippen LogP contribution in [0.2, 0.25) is 0 Å². The van der Waals surface area contributed by atoms with Crippen LogP contribution in [-0.2, 0) is 10.2 Å². The van der Waals surface area contributed by atoms with Gasteiger partial charge in [-0.05, 0) is 38.5 Å². The lowest BCUT2D eigenvalue weighted by atomic mass is 9.87. The molecule has 0 spiro atoms. The molecule has 4 heteroatoms. The summed E-state index contributed by atoms with van der Waals surface area (Å²) in [6.07, 6.45) is 1.51. The predicted molar refractivity (Wildman–Crippen MR) is 58.8 cm³/mol. The molecular weight excluding hydrogens is 204 g/mol. The minimum Gasteiger partial charge on any atom is -0.461 e. The van der Waals surface area contributed by atoms with Crippen molar-refractivity contribution in [1.29, 1.82) is 5.26 Å². The highest BCUT2D eigenvalue weighted by Crippen LogP contribution is 2.22. The van der Waals surface area contributed by atoms with Gasteiger partial charge in [-0.25, -0.2) is 9.78 Å². The highest BCUT2D eigenvalue weighted by Gasteiger charge is 2.21. The Kier molecular flexibility index (Phi) is 3.62. The maximum atomic E-state index is 11.4. The van der Waals surface area contributed by atoms with Gasteiger partial charge in [0.05, 0.1) is 18.1 Å². The monoisotopic (exact) mass is 218 g/mol. The number of nitrogens with zero attached hydrogens (tertiary/aromatic N) is 2. The van der Waals surface area contributed by atoms with E-state index in [9.17, 15) is 4.79 Å². The Morgan fingerprint density at radius 2 is 2.31 bits per heavy atom. The first-order valence-electron chi connectivity index (χ1n) is 5.06. The Bertz CT molecular complexity index is 433. The summed E-state index contributed by atoms with van der Waals surface area (Å²) < 4.78 is 4.84. The first kappa shape index (κ1) is 12.2. The Hall–Kier alpha value is -1.89. The number of esters is 1. The molecule has 0 N–H and O–H groups in total. The molecule has 4 nitrogen and oxygen atoms in total. The topological polar surface area (TPSA) is 63.0 Å². The molecule has 0 fully saturated rings. The molecular formula is C12H14N2O2. The third-order valence-corrected chi connectivity index (χ3v) is 2.25. The molecule has 0 aliphatic heterocycles. The summed E-state index contributed by atoms with van der Waals surface area (Å²) in [6, 6.07) is 5.50. The number of carbonyl (C=O) groups excluding carboxylic acids is 1. The van der Waals surface area contributed by atoms with Gasteiger partial charge in [-0.2, -0.15) is 5.26 Å². The molecule has 16 heavy (non-hydrogen) atoms. The zero-order valence-corrected chi connectivity index (χ0v) is 9.65. The Labute approximate surface area is 94.9 Å². The van der Waals surface area contributed by atoms with E-state index in [-0.39, 0.29) is 5.69 Å². The van der Waals surface area contributed by atoms with Gasteiger partial charge in [0.25, 0.3) is 0 Å². The van der Waals surface area contributed by atoms with E-state index in [1.165, 1.54) is 6.20 Å². The lowest BCUT2D eigenvalue weighted by Gasteiger charge is -2.15. The van der Waals surface area contributed by atoms with Crippen LogP contribution >= 0.6 is 0 Å². The van der Waals surface area contributed by atoms with E-state index < -0.39 is 11.4 Å². The molecule has 0 unspecified atom stereocenters. The van der Waals surface area contributed by atoms with Crippen molar-refractivity contribution in [2.24, 2.45) is 0 Å². The van der Waals surface area contributed by atoms with Crippen LogP contribution in [0.25, 0.3) is 0 Å². The smallest absolute Gasteiger partial charge is 0.356 e. The standard InChI is InChI=1S/C12H14N2O2/c1-4-16-11(15)10-7-9(5-6-14-10)12(2,3)8-13/h5-7H,4H2,1-3H3. The van der Waals surface area contributed by atoms with E-state index in [1.54, 1.807) is 32.9 Å². The van der Waals surface area contributed by atoms with Crippen molar-refractivity contribution in [1.82, 2.24) is 4.98 Å². The molecule has 0 saturated heterocycles. The number of pyridine rings is 1. The van der Waals surface area contributed by atoms with Gasteiger partial charge >= 0.3 is 5.97 Å². The average Bonchev–Trinajstić information content (AvgIpc) is 2.29. The Morgan fingerprint density at radius 3 is 2.88 bits per heavy atom. The summed E-state index contributed by atoms with van der Waals surface area (Å²) >= 11 is 0. The molecule has 1 aromatic heterocycles. The van der Waals surface area contributed by atoms with Gasteiger partial charge in [0.1, 0.15) is 5.69 Å². The quantitative estimate of drug-likeness (QED) is 0.728. The summed E-state index contributed by atoms with van der Waals surface area (Å²) in [5.74, 6) is -0.460. The van der Waals surface area contributed by atoms with E-state index in [2.05, 4.69) is 11.1 Å². The molecule has 1 aromatic rings. The van der Waals surface area contributed by atoms with Gasteiger partial charge < -0.3 is 4.74 Å². The normalized spacial score (nSPS) is 10.6. The number of ether oxygens (including phenoxy) is 1. The third kappa shape index (κ3) is 2.57. The van der Waals surface area contributed by atoms with Crippen LogP contribution in [-0.4, -0.2) is 17.6 Å². The zero-order valence-electron chi connectivity index (χ0n) is 9.65. The van der Waals surface area contributed by atoms with Crippen molar-refractivity contribution in [3.63, 3.8) is 0 Å². The fraction of sp³-hybridized carbons (Fsp3) is 0.417. The molecule has 0 aliphatic rings. The van der Waals surface area contributed by atoms with Crippen LogP contribution in [0.4, 0.5) is 0 Å². The number of carbonyl (C=O) groups is 1. The molecule has 84 valence electrons.